The summed E-state index contributed by atoms with van der Waals surface area (Å²) in [6.45, 7) is 1.80. The second-order valence-corrected chi connectivity index (χ2v) is 3.97. The van der Waals surface area contributed by atoms with Gasteiger partial charge in [0.15, 0.2) is 0 Å². The van der Waals surface area contributed by atoms with E-state index in [1.54, 1.807) is 0 Å². The molecule has 2 heterocycles. The number of ether oxygens (including phenoxy) is 1. The molecule has 0 spiro atoms. The van der Waals surface area contributed by atoms with Crippen molar-refractivity contribution in [3.8, 4) is 0 Å². The Morgan fingerprint density at radius 2 is 2.67 bits per heavy atom. The summed E-state index contributed by atoms with van der Waals surface area (Å²) in [5.74, 6) is 0. The predicted octanol–water partition coefficient (Wildman–Crippen LogP) is 1.58. The number of hydrogen-bond donors (Lipinski definition) is 1. The van der Waals surface area contributed by atoms with Crippen molar-refractivity contribution in [1.29, 1.82) is 0 Å². The fourth-order valence-electron chi connectivity index (χ4n) is 1.58. The lowest BCUT2D eigenvalue weighted by Gasteiger charge is -2.22. The van der Waals surface area contributed by atoms with Crippen molar-refractivity contribution in [1.82, 2.24) is 5.32 Å². The first-order valence-corrected chi connectivity index (χ1v) is 5.12. The van der Waals surface area contributed by atoms with Crippen LogP contribution in [-0.2, 0) is 11.2 Å². The molecule has 12 heavy (non-hydrogen) atoms. The van der Waals surface area contributed by atoms with Crippen LogP contribution in [0.5, 0.6) is 0 Å². The van der Waals surface area contributed by atoms with Crippen LogP contribution >= 0.6 is 11.3 Å². The summed E-state index contributed by atoms with van der Waals surface area (Å²) in [5, 5.41) is 5.30. The van der Waals surface area contributed by atoms with E-state index in [4.69, 9.17) is 4.74 Å². The Hall–Kier alpha value is -0.380. The van der Waals surface area contributed by atoms with Gasteiger partial charge in [-0.25, -0.2) is 0 Å². The standard InChI is InChI=1S/C9H13NOS/c1-10-6-8-7-3-5-12-9(7)2-4-11-8/h3,5,8,10H,2,4,6H2,1H3/t8-/m0/s1. The number of rotatable bonds is 2. The van der Waals surface area contributed by atoms with Crippen LogP contribution in [0.25, 0.3) is 0 Å². The Morgan fingerprint density at radius 3 is 3.50 bits per heavy atom. The molecular weight excluding hydrogens is 170 g/mol. The first-order valence-electron chi connectivity index (χ1n) is 4.24. The fourth-order valence-corrected chi connectivity index (χ4v) is 2.49. The van der Waals surface area contributed by atoms with E-state index in [1.165, 1.54) is 10.4 Å². The summed E-state index contributed by atoms with van der Waals surface area (Å²) in [7, 11) is 1.96. The molecule has 2 nitrogen and oxygen atoms in total. The van der Waals surface area contributed by atoms with Gasteiger partial charge in [-0.3, -0.25) is 0 Å². The Labute approximate surface area is 76.6 Å². The van der Waals surface area contributed by atoms with Crippen LogP contribution in [0.1, 0.15) is 16.5 Å². The van der Waals surface area contributed by atoms with Crippen molar-refractivity contribution >= 4 is 11.3 Å². The zero-order chi connectivity index (χ0) is 8.39. The molecule has 3 heteroatoms. The molecule has 0 aromatic carbocycles. The van der Waals surface area contributed by atoms with E-state index < -0.39 is 0 Å². The van der Waals surface area contributed by atoms with Crippen molar-refractivity contribution in [3.05, 3.63) is 21.9 Å². The first kappa shape index (κ1) is 8.23. The minimum Gasteiger partial charge on any atom is -0.372 e. The van der Waals surface area contributed by atoms with Gasteiger partial charge in [-0.2, -0.15) is 0 Å². The molecule has 0 saturated carbocycles. The van der Waals surface area contributed by atoms with Gasteiger partial charge in [0.2, 0.25) is 0 Å². The zero-order valence-corrected chi connectivity index (χ0v) is 7.99. The molecule has 1 aliphatic rings. The minimum absolute atomic E-state index is 0.282. The third-order valence-electron chi connectivity index (χ3n) is 2.16. The van der Waals surface area contributed by atoms with Gasteiger partial charge in [0, 0.05) is 17.8 Å². The molecule has 1 aliphatic heterocycles. The number of thiophene rings is 1. The minimum atomic E-state index is 0.282. The molecule has 2 rings (SSSR count). The second-order valence-electron chi connectivity index (χ2n) is 2.97. The van der Waals surface area contributed by atoms with Crippen molar-refractivity contribution < 1.29 is 4.74 Å². The molecule has 0 radical (unpaired) electrons. The molecule has 0 amide bonds. The average molecular weight is 183 g/mol. The third-order valence-corrected chi connectivity index (χ3v) is 3.16. The summed E-state index contributed by atoms with van der Waals surface area (Å²) in [4.78, 5) is 1.50. The predicted molar refractivity (Wildman–Crippen MR) is 50.6 cm³/mol. The summed E-state index contributed by atoms with van der Waals surface area (Å²) in [6.07, 6.45) is 1.37. The highest BCUT2D eigenvalue weighted by Gasteiger charge is 2.20. The quantitative estimate of drug-likeness (QED) is 0.751. The molecule has 0 fully saturated rings. The molecule has 1 atom stereocenters. The smallest absolute Gasteiger partial charge is 0.0959 e. The lowest BCUT2D eigenvalue weighted by atomic mass is 10.1. The van der Waals surface area contributed by atoms with Crippen molar-refractivity contribution in [3.63, 3.8) is 0 Å². The lowest BCUT2D eigenvalue weighted by Crippen LogP contribution is -2.24. The molecule has 1 aromatic heterocycles. The van der Waals surface area contributed by atoms with Gasteiger partial charge in [0.05, 0.1) is 12.7 Å². The SMILES string of the molecule is CNC[C@@H]1OCCc2sccc21. The van der Waals surface area contributed by atoms with Gasteiger partial charge in [-0.1, -0.05) is 0 Å². The normalized spacial score (nSPS) is 22.2. The largest absolute Gasteiger partial charge is 0.372 e. The highest BCUT2D eigenvalue weighted by atomic mass is 32.1. The van der Waals surface area contributed by atoms with Gasteiger partial charge in [-0.05, 0) is 24.1 Å². The molecule has 0 aliphatic carbocycles. The van der Waals surface area contributed by atoms with Gasteiger partial charge in [0.25, 0.3) is 0 Å². The maximum absolute atomic E-state index is 5.65. The maximum atomic E-state index is 5.65. The van der Waals surface area contributed by atoms with Crippen molar-refractivity contribution in [2.24, 2.45) is 0 Å². The lowest BCUT2D eigenvalue weighted by molar-refractivity contribution is 0.0451. The van der Waals surface area contributed by atoms with Crippen LogP contribution in [0.4, 0.5) is 0 Å². The van der Waals surface area contributed by atoms with E-state index in [0.717, 1.165) is 19.6 Å². The summed E-state index contributed by atoms with van der Waals surface area (Å²) < 4.78 is 5.65. The highest BCUT2D eigenvalue weighted by Crippen LogP contribution is 2.30. The summed E-state index contributed by atoms with van der Waals surface area (Å²) >= 11 is 1.85. The zero-order valence-electron chi connectivity index (χ0n) is 7.17. The van der Waals surface area contributed by atoms with Crippen LogP contribution in [0.2, 0.25) is 0 Å². The van der Waals surface area contributed by atoms with E-state index in [9.17, 15) is 0 Å². The molecular formula is C9H13NOS. The average Bonchev–Trinajstić information content (AvgIpc) is 2.53. The Morgan fingerprint density at radius 1 is 1.75 bits per heavy atom. The number of hydrogen-bond acceptors (Lipinski definition) is 3. The van der Waals surface area contributed by atoms with Gasteiger partial charge in [0.1, 0.15) is 0 Å². The van der Waals surface area contributed by atoms with Crippen LogP contribution in [-0.4, -0.2) is 20.2 Å². The van der Waals surface area contributed by atoms with E-state index in [-0.39, 0.29) is 6.10 Å². The number of likely N-dealkylation sites (N-methyl/N-ethyl adjacent to an activating group) is 1. The van der Waals surface area contributed by atoms with E-state index in [2.05, 4.69) is 16.8 Å². The third kappa shape index (κ3) is 1.40. The number of nitrogens with one attached hydrogen (secondary N) is 1. The van der Waals surface area contributed by atoms with Crippen LogP contribution in [0, 0.1) is 0 Å². The molecule has 0 unspecified atom stereocenters. The summed E-state index contributed by atoms with van der Waals surface area (Å²) in [5.41, 5.74) is 1.39. The van der Waals surface area contributed by atoms with Gasteiger partial charge < -0.3 is 10.1 Å². The monoisotopic (exact) mass is 183 g/mol. The van der Waals surface area contributed by atoms with Crippen LogP contribution in [0.3, 0.4) is 0 Å². The fraction of sp³-hybridized carbons (Fsp3) is 0.556. The molecule has 0 bridgehead atoms. The highest BCUT2D eigenvalue weighted by molar-refractivity contribution is 7.10. The first-order chi connectivity index (χ1) is 5.92. The summed E-state index contributed by atoms with van der Waals surface area (Å²) in [6, 6.07) is 2.18. The molecule has 66 valence electrons. The van der Waals surface area contributed by atoms with E-state index >= 15 is 0 Å². The van der Waals surface area contributed by atoms with Crippen molar-refractivity contribution in [2.45, 2.75) is 12.5 Å². The Bertz CT molecular complexity index is 259. The maximum Gasteiger partial charge on any atom is 0.0959 e. The van der Waals surface area contributed by atoms with Crippen LogP contribution < -0.4 is 5.32 Å². The van der Waals surface area contributed by atoms with Crippen molar-refractivity contribution in [2.75, 3.05) is 20.2 Å². The Kier molecular flexibility index (Phi) is 2.44. The Balaban J connectivity index is 2.19. The molecule has 1 aromatic rings. The topological polar surface area (TPSA) is 21.3 Å². The molecule has 0 saturated heterocycles. The van der Waals surface area contributed by atoms with E-state index in [1.807, 2.05) is 18.4 Å². The number of fused-ring (bicyclic) bond motifs is 1. The second kappa shape index (κ2) is 3.56. The van der Waals surface area contributed by atoms with Gasteiger partial charge >= 0.3 is 0 Å². The van der Waals surface area contributed by atoms with Crippen LogP contribution in [0.15, 0.2) is 11.4 Å². The van der Waals surface area contributed by atoms with E-state index in [0.29, 0.717) is 0 Å². The molecule has 1 N–H and O–H groups in total. The van der Waals surface area contributed by atoms with Gasteiger partial charge in [-0.15, -0.1) is 11.3 Å².